The molecule has 0 bridgehead atoms. The maximum atomic E-state index is 13.6. The molecule has 3 aromatic rings. The highest BCUT2D eigenvalue weighted by Gasteiger charge is 2.70. The molecule has 210 valence electrons. The van der Waals surface area contributed by atoms with E-state index >= 15 is 0 Å². The Morgan fingerprint density at radius 2 is 1.60 bits per heavy atom. The van der Waals surface area contributed by atoms with Crippen molar-refractivity contribution in [1.29, 1.82) is 0 Å². The predicted molar refractivity (Wildman–Crippen MR) is 138 cm³/mol. The number of halogens is 3. The number of pyridine rings is 1. The van der Waals surface area contributed by atoms with Crippen molar-refractivity contribution >= 4 is 49.0 Å². The van der Waals surface area contributed by atoms with E-state index in [2.05, 4.69) is 9.71 Å². The molecule has 40 heavy (non-hydrogen) atoms. The van der Waals surface area contributed by atoms with Gasteiger partial charge >= 0.3 is 11.5 Å². The Hall–Kier alpha value is -3.98. The van der Waals surface area contributed by atoms with E-state index in [0.29, 0.717) is 17.7 Å². The van der Waals surface area contributed by atoms with Gasteiger partial charge < -0.3 is 0 Å². The van der Waals surface area contributed by atoms with Crippen LogP contribution in [-0.2, 0) is 30.4 Å². The van der Waals surface area contributed by atoms with Crippen LogP contribution in [0, 0.1) is 5.92 Å². The average Bonchev–Trinajstić information content (AvgIpc) is 3.49. The molecule has 2 atom stereocenters. The molecule has 1 saturated heterocycles. The van der Waals surface area contributed by atoms with Crippen molar-refractivity contribution in [2.75, 3.05) is 14.5 Å². The van der Waals surface area contributed by atoms with Crippen molar-refractivity contribution in [3.63, 3.8) is 0 Å². The van der Waals surface area contributed by atoms with Crippen molar-refractivity contribution in [3.05, 3.63) is 78.5 Å². The number of hydrogen-bond acceptors (Lipinski definition) is 7. The number of sulfonamides is 1. The second-order valence-electron chi connectivity index (χ2n) is 9.48. The van der Waals surface area contributed by atoms with Crippen LogP contribution in [0.15, 0.2) is 77.8 Å². The minimum absolute atomic E-state index is 0.0858. The molecule has 1 spiro atoms. The Morgan fingerprint density at radius 1 is 0.975 bits per heavy atom. The summed E-state index contributed by atoms with van der Waals surface area (Å²) in [6.07, 6.45) is 1.56. The number of rotatable bonds is 7. The molecular weight excluding hydrogens is 573 g/mol. The van der Waals surface area contributed by atoms with Crippen molar-refractivity contribution in [1.82, 2.24) is 4.98 Å². The third-order valence-electron chi connectivity index (χ3n) is 6.80. The van der Waals surface area contributed by atoms with Crippen LogP contribution in [0.4, 0.5) is 35.2 Å². The monoisotopic (exact) mass is 594 g/mol. The molecule has 2 aromatic carbocycles. The smallest absolute Gasteiger partial charge is 0.278 e. The highest BCUT2D eigenvalue weighted by molar-refractivity contribution is 7.92. The third-order valence-corrected chi connectivity index (χ3v) is 9.53. The van der Waals surface area contributed by atoms with Gasteiger partial charge in [0.2, 0.25) is 10.0 Å². The van der Waals surface area contributed by atoms with Gasteiger partial charge in [0.25, 0.3) is 15.7 Å². The van der Waals surface area contributed by atoms with Gasteiger partial charge in [0, 0.05) is 12.3 Å². The van der Waals surface area contributed by atoms with E-state index in [-0.39, 0.29) is 35.3 Å². The number of imide groups is 1. The second kappa shape index (κ2) is 9.30. The molecule has 1 aromatic heterocycles. The lowest BCUT2D eigenvalue weighted by Crippen LogP contribution is -2.39. The zero-order valence-electron chi connectivity index (χ0n) is 20.7. The molecule has 1 aliphatic carbocycles. The van der Waals surface area contributed by atoms with Crippen molar-refractivity contribution in [2.24, 2.45) is 5.92 Å². The van der Waals surface area contributed by atoms with Gasteiger partial charge in [0.05, 0.1) is 22.0 Å². The van der Waals surface area contributed by atoms with Gasteiger partial charge in [-0.1, -0.05) is 37.3 Å². The molecule has 2 heterocycles. The van der Waals surface area contributed by atoms with Gasteiger partial charge in [-0.05, 0) is 48.2 Å². The SMILES string of the molecule is CC1CC12C(=O)N(c1ccc(S(=O)(=O)C(F)(F)F)cc1)C(=O)N2c1ccnc(NS(=O)(=O)Cc2ccccc2)c1. The van der Waals surface area contributed by atoms with Gasteiger partial charge in [-0.15, -0.1) is 0 Å². The van der Waals surface area contributed by atoms with Crippen LogP contribution in [0.2, 0.25) is 0 Å². The van der Waals surface area contributed by atoms with Crippen molar-refractivity contribution in [3.8, 4) is 0 Å². The number of benzene rings is 2. The lowest BCUT2D eigenvalue weighted by molar-refractivity contribution is -0.119. The number of carbonyl (C=O) groups excluding carboxylic acids is 2. The molecule has 1 aliphatic heterocycles. The first-order chi connectivity index (χ1) is 18.7. The number of urea groups is 1. The molecule has 15 heteroatoms. The molecule has 1 N–H and O–H groups in total. The van der Waals surface area contributed by atoms with Crippen molar-refractivity contribution in [2.45, 2.75) is 35.0 Å². The van der Waals surface area contributed by atoms with Crippen LogP contribution >= 0.6 is 0 Å². The largest absolute Gasteiger partial charge is 0.501 e. The first-order valence-electron chi connectivity index (χ1n) is 11.8. The van der Waals surface area contributed by atoms with E-state index in [0.717, 1.165) is 17.0 Å². The lowest BCUT2D eigenvalue weighted by Gasteiger charge is -2.22. The first-order valence-corrected chi connectivity index (χ1v) is 14.9. The van der Waals surface area contributed by atoms with E-state index in [1.54, 1.807) is 37.3 Å². The van der Waals surface area contributed by atoms with Crippen LogP contribution in [0.3, 0.4) is 0 Å². The Morgan fingerprint density at radius 3 is 2.17 bits per heavy atom. The highest BCUT2D eigenvalue weighted by atomic mass is 32.2. The summed E-state index contributed by atoms with van der Waals surface area (Å²) in [6, 6.07) is 13.6. The van der Waals surface area contributed by atoms with Crippen LogP contribution in [0.25, 0.3) is 0 Å². The molecule has 0 radical (unpaired) electrons. The third kappa shape index (κ3) is 4.58. The predicted octanol–water partition coefficient (Wildman–Crippen LogP) is 4.07. The number of carbonyl (C=O) groups is 2. The first kappa shape index (κ1) is 27.6. The van der Waals surface area contributed by atoms with Gasteiger partial charge in [-0.3, -0.25) is 14.4 Å². The molecule has 5 rings (SSSR count). The average molecular weight is 595 g/mol. The molecular formula is C25H21F3N4O6S2. The Kier molecular flexibility index (Phi) is 6.41. The molecule has 2 aliphatic rings. The summed E-state index contributed by atoms with van der Waals surface area (Å²) in [4.78, 5) is 32.0. The second-order valence-corrected chi connectivity index (χ2v) is 13.1. The summed E-state index contributed by atoms with van der Waals surface area (Å²) in [5, 5.41) is 0. The van der Waals surface area contributed by atoms with Crippen LogP contribution < -0.4 is 14.5 Å². The number of aromatic nitrogens is 1. The molecule has 10 nitrogen and oxygen atoms in total. The summed E-state index contributed by atoms with van der Waals surface area (Å²) in [7, 11) is -9.50. The summed E-state index contributed by atoms with van der Waals surface area (Å²) in [5.41, 5.74) is -6.21. The quantitative estimate of drug-likeness (QED) is 0.408. The van der Waals surface area contributed by atoms with Crippen LogP contribution in [0.5, 0.6) is 0 Å². The lowest BCUT2D eigenvalue weighted by atomic mass is 10.1. The van der Waals surface area contributed by atoms with E-state index in [9.17, 15) is 39.6 Å². The Labute approximate surface area is 227 Å². The summed E-state index contributed by atoms with van der Waals surface area (Å²) >= 11 is 0. The van der Waals surface area contributed by atoms with Gasteiger partial charge in [-0.25, -0.2) is 31.5 Å². The van der Waals surface area contributed by atoms with Gasteiger partial charge in [-0.2, -0.15) is 13.2 Å². The fourth-order valence-electron chi connectivity index (χ4n) is 4.74. The van der Waals surface area contributed by atoms with Crippen LogP contribution in [-0.4, -0.2) is 44.8 Å². The van der Waals surface area contributed by atoms with Crippen molar-refractivity contribution < 1.29 is 39.6 Å². The molecule has 2 unspecified atom stereocenters. The highest BCUT2D eigenvalue weighted by Crippen LogP contribution is 2.55. The van der Waals surface area contributed by atoms with Gasteiger partial charge in [0.15, 0.2) is 0 Å². The van der Waals surface area contributed by atoms with Crippen LogP contribution in [0.1, 0.15) is 18.9 Å². The number of nitrogens with one attached hydrogen (secondary N) is 1. The number of anilines is 3. The number of amides is 3. The number of alkyl halides is 3. The number of sulfone groups is 1. The summed E-state index contributed by atoms with van der Waals surface area (Å²) in [6.45, 7) is 1.74. The maximum Gasteiger partial charge on any atom is 0.501 e. The van der Waals surface area contributed by atoms with Gasteiger partial charge in [0.1, 0.15) is 11.4 Å². The van der Waals surface area contributed by atoms with E-state index < -0.39 is 47.7 Å². The standard InChI is InChI=1S/C25H21F3N4O6S2/c1-16-14-24(16)22(33)31(18-7-9-20(10-8-18)40(37,38)25(26,27)28)23(34)32(24)19-11-12-29-21(13-19)30-39(35,36)15-17-5-3-2-4-6-17/h2-13,16H,14-15H2,1H3,(H,29,30). The molecule has 2 fully saturated rings. The molecule has 1 saturated carbocycles. The zero-order chi connectivity index (χ0) is 29.1. The minimum atomic E-state index is -5.62. The normalized spacial score (nSPS) is 21.2. The fourth-order valence-corrected chi connectivity index (χ4v) is 6.64. The molecule has 3 amide bonds. The number of nitrogens with zero attached hydrogens (tertiary/aromatic N) is 3. The maximum absolute atomic E-state index is 13.6. The summed E-state index contributed by atoms with van der Waals surface area (Å²) in [5.74, 6) is -1.34. The summed E-state index contributed by atoms with van der Waals surface area (Å²) < 4.78 is 89.9. The Bertz CT molecular complexity index is 1720. The van der Waals surface area contributed by atoms with E-state index in [1.807, 2.05) is 0 Å². The number of hydrogen-bond donors (Lipinski definition) is 1. The fraction of sp³-hybridized carbons (Fsp3) is 0.240. The van der Waals surface area contributed by atoms with E-state index in [1.165, 1.54) is 23.2 Å². The topological polar surface area (TPSA) is 134 Å². The van der Waals surface area contributed by atoms with E-state index in [4.69, 9.17) is 0 Å². The minimum Gasteiger partial charge on any atom is -0.278 e. The zero-order valence-corrected chi connectivity index (χ0v) is 22.3. The Balaban J connectivity index is 1.44.